The van der Waals surface area contributed by atoms with Crippen molar-refractivity contribution in [3.05, 3.63) is 41.0 Å². The zero-order chi connectivity index (χ0) is 18.9. The monoisotopic (exact) mass is 358 g/mol. The van der Waals surface area contributed by atoms with E-state index in [2.05, 4.69) is 15.5 Å². The molecule has 1 aliphatic rings. The molecule has 0 radical (unpaired) electrons. The van der Waals surface area contributed by atoms with Gasteiger partial charge < -0.3 is 19.8 Å². The van der Waals surface area contributed by atoms with E-state index in [9.17, 15) is 9.90 Å². The molecule has 140 valence electrons. The highest BCUT2D eigenvalue weighted by Crippen LogP contribution is 2.36. The Labute approximate surface area is 153 Å². The van der Waals surface area contributed by atoms with Crippen LogP contribution in [0.5, 0.6) is 5.75 Å². The second kappa shape index (κ2) is 7.07. The molecule has 1 aromatic carbocycles. The number of aromatic hydroxyl groups is 1. The van der Waals surface area contributed by atoms with E-state index in [0.29, 0.717) is 18.3 Å². The minimum Gasteiger partial charge on any atom is -0.508 e. The van der Waals surface area contributed by atoms with Crippen molar-refractivity contribution in [1.82, 2.24) is 20.4 Å². The summed E-state index contributed by atoms with van der Waals surface area (Å²) in [6, 6.07) is 5.39. The summed E-state index contributed by atoms with van der Waals surface area (Å²) in [5.41, 5.74) is 1.04. The number of benzene rings is 1. The summed E-state index contributed by atoms with van der Waals surface area (Å²) in [5.74, 6) is 0.874. The fraction of sp³-hybridized carbons (Fsp3) is 0.526. The number of carbonyl (C=O) groups excluding carboxylic acids is 1. The molecule has 0 bridgehead atoms. The van der Waals surface area contributed by atoms with Gasteiger partial charge in [-0.25, -0.2) is 0 Å². The standard InChI is InChI=1S/C19H26N4O3/c1-19(2,18-20-16(26-22-18)11-23(3)4)21-17(25)14-9-5-8-13-12(14)7-6-10-15(13)24/h6-7,10,14,24H,5,8-9,11H2,1-4H3,(H,21,25)/t14-/m0/s1. The van der Waals surface area contributed by atoms with E-state index >= 15 is 0 Å². The van der Waals surface area contributed by atoms with Crippen LogP contribution >= 0.6 is 0 Å². The molecule has 7 heteroatoms. The Balaban J connectivity index is 1.77. The molecule has 2 aromatic rings. The van der Waals surface area contributed by atoms with Crippen LogP contribution in [-0.2, 0) is 23.3 Å². The Morgan fingerprint density at radius 2 is 2.19 bits per heavy atom. The van der Waals surface area contributed by atoms with Gasteiger partial charge in [-0.2, -0.15) is 4.98 Å². The van der Waals surface area contributed by atoms with E-state index in [0.717, 1.165) is 30.4 Å². The highest BCUT2D eigenvalue weighted by atomic mass is 16.5. The molecule has 0 saturated carbocycles. The molecule has 1 aromatic heterocycles. The van der Waals surface area contributed by atoms with Crippen LogP contribution in [0.1, 0.15) is 55.4 Å². The van der Waals surface area contributed by atoms with Crippen LogP contribution in [0.2, 0.25) is 0 Å². The third-order valence-electron chi connectivity index (χ3n) is 4.71. The highest BCUT2D eigenvalue weighted by Gasteiger charge is 2.34. The lowest BCUT2D eigenvalue weighted by Crippen LogP contribution is -2.44. The largest absolute Gasteiger partial charge is 0.508 e. The second-order valence-electron chi connectivity index (χ2n) is 7.65. The van der Waals surface area contributed by atoms with Gasteiger partial charge in [0, 0.05) is 0 Å². The number of nitrogens with zero attached hydrogens (tertiary/aromatic N) is 3. The molecule has 0 aliphatic heterocycles. The second-order valence-corrected chi connectivity index (χ2v) is 7.65. The molecule has 1 atom stereocenters. The maximum Gasteiger partial charge on any atom is 0.240 e. The molecule has 1 heterocycles. The van der Waals surface area contributed by atoms with Gasteiger partial charge in [-0.3, -0.25) is 4.79 Å². The number of aromatic nitrogens is 2. The zero-order valence-electron chi connectivity index (χ0n) is 15.7. The van der Waals surface area contributed by atoms with Crippen molar-refractivity contribution in [2.45, 2.75) is 51.1 Å². The fourth-order valence-corrected chi connectivity index (χ4v) is 3.40. The summed E-state index contributed by atoms with van der Waals surface area (Å²) in [4.78, 5) is 19.3. The lowest BCUT2D eigenvalue weighted by molar-refractivity contribution is -0.124. The first kappa shape index (κ1) is 18.4. The maximum atomic E-state index is 13.0. The van der Waals surface area contributed by atoms with Gasteiger partial charge in [0.2, 0.25) is 11.8 Å². The molecule has 3 rings (SSSR count). The number of hydrogen-bond donors (Lipinski definition) is 2. The smallest absolute Gasteiger partial charge is 0.240 e. The van der Waals surface area contributed by atoms with Crippen LogP contribution < -0.4 is 5.32 Å². The van der Waals surface area contributed by atoms with Crippen molar-refractivity contribution in [2.75, 3.05) is 14.1 Å². The third-order valence-corrected chi connectivity index (χ3v) is 4.71. The number of phenolic OH excluding ortho intramolecular Hbond substituents is 1. The van der Waals surface area contributed by atoms with Crippen molar-refractivity contribution in [3.63, 3.8) is 0 Å². The predicted octanol–water partition coefficient (Wildman–Crippen LogP) is 2.31. The number of hydrogen-bond acceptors (Lipinski definition) is 6. The number of phenols is 1. The quantitative estimate of drug-likeness (QED) is 0.852. The lowest BCUT2D eigenvalue weighted by Gasteiger charge is -2.29. The van der Waals surface area contributed by atoms with Crippen LogP contribution in [0, 0.1) is 0 Å². The first-order chi connectivity index (χ1) is 12.3. The van der Waals surface area contributed by atoms with Gasteiger partial charge in [0.25, 0.3) is 0 Å². The van der Waals surface area contributed by atoms with Crippen LogP contribution in [0.4, 0.5) is 0 Å². The molecule has 0 spiro atoms. The van der Waals surface area contributed by atoms with Crippen LogP contribution in [0.25, 0.3) is 0 Å². The number of carbonyl (C=O) groups is 1. The Kier molecular flexibility index (Phi) is 5.00. The van der Waals surface area contributed by atoms with Gasteiger partial charge >= 0.3 is 0 Å². The van der Waals surface area contributed by atoms with Crippen molar-refractivity contribution >= 4 is 5.91 Å². The van der Waals surface area contributed by atoms with Gasteiger partial charge in [-0.1, -0.05) is 17.3 Å². The van der Waals surface area contributed by atoms with E-state index in [-0.39, 0.29) is 17.6 Å². The van der Waals surface area contributed by atoms with Crippen molar-refractivity contribution in [1.29, 1.82) is 0 Å². The van der Waals surface area contributed by atoms with Gasteiger partial charge in [-0.15, -0.1) is 0 Å². The zero-order valence-corrected chi connectivity index (χ0v) is 15.7. The van der Waals surface area contributed by atoms with E-state index in [1.807, 2.05) is 38.9 Å². The molecule has 0 unspecified atom stereocenters. The third kappa shape index (κ3) is 3.72. The predicted molar refractivity (Wildman–Crippen MR) is 96.6 cm³/mol. The molecular weight excluding hydrogens is 332 g/mol. The van der Waals surface area contributed by atoms with Crippen LogP contribution in [-0.4, -0.2) is 40.1 Å². The fourth-order valence-electron chi connectivity index (χ4n) is 3.40. The average Bonchev–Trinajstić information content (AvgIpc) is 3.03. The highest BCUT2D eigenvalue weighted by molar-refractivity contribution is 5.85. The number of rotatable bonds is 5. The number of nitrogens with one attached hydrogen (secondary N) is 1. The van der Waals surface area contributed by atoms with Crippen molar-refractivity contribution in [2.24, 2.45) is 0 Å². The lowest BCUT2D eigenvalue weighted by atomic mass is 9.81. The van der Waals surface area contributed by atoms with Crippen molar-refractivity contribution < 1.29 is 14.4 Å². The van der Waals surface area contributed by atoms with E-state index in [4.69, 9.17) is 4.52 Å². The van der Waals surface area contributed by atoms with Gasteiger partial charge in [0.1, 0.15) is 5.75 Å². The molecule has 2 N–H and O–H groups in total. The SMILES string of the molecule is CN(C)Cc1nc(C(C)(C)NC(=O)[C@H]2CCCc3c(O)cccc32)no1. The summed E-state index contributed by atoms with van der Waals surface area (Å²) >= 11 is 0. The molecule has 1 aliphatic carbocycles. The summed E-state index contributed by atoms with van der Waals surface area (Å²) in [7, 11) is 3.85. The molecule has 26 heavy (non-hydrogen) atoms. The van der Waals surface area contributed by atoms with Crippen LogP contribution in [0.15, 0.2) is 22.7 Å². The van der Waals surface area contributed by atoms with E-state index < -0.39 is 5.54 Å². The molecule has 7 nitrogen and oxygen atoms in total. The van der Waals surface area contributed by atoms with Gasteiger partial charge in [-0.05, 0) is 64.4 Å². The Morgan fingerprint density at radius 1 is 1.42 bits per heavy atom. The van der Waals surface area contributed by atoms with Crippen LogP contribution in [0.3, 0.4) is 0 Å². The minimum absolute atomic E-state index is 0.0829. The summed E-state index contributed by atoms with van der Waals surface area (Å²) < 4.78 is 5.27. The summed E-state index contributed by atoms with van der Waals surface area (Å²) in [6.45, 7) is 4.27. The molecular formula is C19H26N4O3. The first-order valence-corrected chi connectivity index (χ1v) is 8.88. The average molecular weight is 358 g/mol. The van der Waals surface area contributed by atoms with Crippen molar-refractivity contribution in [3.8, 4) is 5.75 Å². The van der Waals surface area contributed by atoms with E-state index in [1.54, 1.807) is 12.1 Å². The maximum absolute atomic E-state index is 13.0. The molecule has 0 saturated heterocycles. The van der Waals surface area contributed by atoms with Gasteiger partial charge in [0.05, 0.1) is 18.0 Å². The normalized spacial score (nSPS) is 17.2. The summed E-state index contributed by atoms with van der Waals surface area (Å²) in [6.07, 6.45) is 2.43. The Morgan fingerprint density at radius 3 is 2.92 bits per heavy atom. The Hall–Kier alpha value is -2.41. The minimum atomic E-state index is -0.750. The van der Waals surface area contributed by atoms with Gasteiger partial charge in [0.15, 0.2) is 5.82 Å². The summed E-state index contributed by atoms with van der Waals surface area (Å²) in [5, 5.41) is 17.2. The Bertz CT molecular complexity index is 798. The molecule has 1 amide bonds. The molecule has 0 fully saturated rings. The topological polar surface area (TPSA) is 91.5 Å². The first-order valence-electron chi connectivity index (χ1n) is 8.88. The number of amides is 1. The van der Waals surface area contributed by atoms with E-state index in [1.165, 1.54) is 0 Å². The number of fused-ring (bicyclic) bond motifs is 1.